The lowest BCUT2D eigenvalue weighted by Gasteiger charge is -2.16. The van der Waals surface area contributed by atoms with E-state index in [2.05, 4.69) is 21.2 Å². The van der Waals surface area contributed by atoms with Crippen molar-refractivity contribution >= 4 is 33.5 Å². The molecule has 5 heteroatoms. The Bertz CT molecular complexity index is 482. The van der Waals surface area contributed by atoms with Gasteiger partial charge in [-0.2, -0.15) is 0 Å². The molecule has 110 valence electrons. The number of aromatic carboxylic acids is 1. The van der Waals surface area contributed by atoms with E-state index in [4.69, 9.17) is 5.11 Å². The van der Waals surface area contributed by atoms with Crippen molar-refractivity contribution in [2.24, 2.45) is 5.92 Å². The summed E-state index contributed by atoms with van der Waals surface area (Å²) in [5.74, 6) is -1.21. The van der Waals surface area contributed by atoms with Gasteiger partial charge in [0.15, 0.2) is 0 Å². The molecule has 0 spiro atoms. The van der Waals surface area contributed by atoms with Crippen molar-refractivity contribution in [2.45, 2.75) is 39.5 Å². The van der Waals surface area contributed by atoms with E-state index in [-0.39, 0.29) is 17.4 Å². The fraction of sp³-hybridized carbons (Fsp3) is 0.467. The van der Waals surface area contributed by atoms with Crippen LogP contribution in [0.1, 0.15) is 49.9 Å². The Labute approximate surface area is 127 Å². The number of carbonyl (C=O) groups is 2. The van der Waals surface area contributed by atoms with Gasteiger partial charge in [-0.3, -0.25) is 4.79 Å². The minimum absolute atomic E-state index is 0.0642. The molecule has 0 fully saturated rings. The number of carboxylic acid groups (broad SMARTS) is 1. The Kier molecular flexibility index (Phi) is 6.71. The Hall–Kier alpha value is -1.36. The lowest BCUT2D eigenvalue weighted by molar-refractivity contribution is -0.120. The molecule has 0 radical (unpaired) electrons. The first kappa shape index (κ1) is 16.7. The molecule has 0 aromatic heterocycles. The number of benzene rings is 1. The van der Waals surface area contributed by atoms with Gasteiger partial charge >= 0.3 is 5.97 Å². The molecule has 1 rings (SSSR count). The number of halogens is 1. The fourth-order valence-electron chi connectivity index (χ4n) is 2.14. The second-order valence-corrected chi connectivity index (χ2v) is 5.67. The molecule has 1 aromatic carbocycles. The number of nitrogens with one attached hydrogen (secondary N) is 1. The second-order valence-electron chi connectivity index (χ2n) is 4.76. The third-order valence-corrected chi connectivity index (χ3v) is 3.61. The first-order valence-corrected chi connectivity index (χ1v) is 7.62. The van der Waals surface area contributed by atoms with Crippen LogP contribution in [0.3, 0.4) is 0 Å². The third-order valence-electron chi connectivity index (χ3n) is 3.11. The molecule has 1 amide bonds. The molecule has 0 bridgehead atoms. The van der Waals surface area contributed by atoms with Crippen LogP contribution in [0.2, 0.25) is 0 Å². The van der Waals surface area contributed by atoms with Crippen LogP contribution in [0, 0.1) is 5.92 Å². The summed E-state index contributed by atoms with van der Waals surface area (Å²) >= 11 is 3.29. The van der Waals surface area contributed by atoms with E-state index in [0.29, 0.717) is 5.69 Å². The van der Waals surface area contributed by atoms with Crippen LogP contribution in [-0.2, 0) is 4.79 Å². The highest BCUT2D eigenvalue weighted by molar-refractivity contribution is 9.10. The van der Waals surface area contributed by atoms with Gasteiger partial charge in [0, 0.05) is 10.4 Å². The minimum atomic E-state index is -1.05. The Morgan fingerprint density at radius 2 is 1.85 bits per heavy atom. The molecule has 0 unspecified atom stereocenters. The zero-order valence-corrected chi connectivity index (χ0v) is 13.4. The molecule has 0 heterocycles. The third kappa shape index (κ3) is 4.63. The molecule has 20 heavy (non-hydrogen) atoms. The molecule has 4 nitrogen and oxygen atoms in total. The first-order chi connectivity index (χ1) is 9.49. The number of carboxylic acids is 1. The summed E-state index contributed by atoms with van der Waals surface area (Å²) < 4.78 is 0.736. The van der Waals surface area contributed by atoms with Crippen LogP contribution >= 0.6 is 15.9 Å². The van der Waals surface area contributed by atoms with Crippen LogP contribution < -0.4 is 5.32 Å². The predicted octanol–water partition coefficient (Wildman–Crippen LogP) is 4.30. The van der Waals surface area contributed by atoms with Crippen LogP contribution in [0.15, 0.2) is 22.7 Å². The lowest BCUT2D eigenvalue weighted by Crippen LogP contribution is -2.23. The summed E-state index contributed by atoms with van der Waals surface area (Å²) in [6.45, 7) is 4.08. The van der Waals surface area contributed by atoms with Gasteiger partial charge in [0.1, 0.15) is 0 Å². The van der Waals surface area contributed by atoms with Crippen molar-refractivity contribution in [3.05, 3.63) is 28.2 Å². The maximum atomic E-state index is 12.3. The second kappa shape index (κ2) is 8.04. The summed E-state index contributed by atoms with van der Waals surface area (Å²) in [6.07, 6.45) is 3.50. The fourth-order valence-corrected chi connectivity index (χ4v) is 2.51. The minimum Gasteiger partial charge on any atom is -0.478 e. The van der Waals surface area contributed by atoms with Gasteiger partial charge in [-0.25, -0.2) is 4.79 Å². The quantitative estimate of drug-likeness (QED) is 0.776. The molecule has 0 aliphatic rings. The molecule has 0 aliphatic carbocycles. The summed E-state index contributed by atoms with van der Waals surface area (Å²) in [4.78, 5) is 23.4. The van der Waals surface area contributed by atoms with Gasteiger partial charge in [0.2, 0.25) is 5.91 Å². The standard InChI is InChI=1S/C15H20BrNO3/c1-3-5-10(6-4-2)14(18)17-13-9-11(16)7-8-12(13)15(19)20/h7-10H,3-6H2,1-2H3,(H,17,18)(H,19,20). The van der Waals surface area contributed by atoms with Crippen molar-refractivity contribution < 1.29 is 14.7 Å². The molecular weight excluding hydrogens is 322 g/mol. The van der Waals surface area contributed by atoms with E-state index in [1.807, 2.05) is 13.8 Å². The zero-order valence-electron chi connectivity index (χ0n) is 11.8. The van der Waals surface area contributed by atoms with Gasteiger partial charge in [0.05, 0.1) is 11.3 Å². The Balaban J connectivity index is 2.93. The van der Waals surface area contributed by atoms with Crippen LogP contribution in [-0.4, -0.2) is 17.0 Å². The van der Waals surface area contributed by atoms with Crippen molar-refractivity contribution in [1.29, 1.82) is 0 Å². The van der Waals surface area contributed by atoms with Crippen LogP contribution in [0.5, 0.6) is 0 Å². The van der Waals surface area contributed by atoms with Crippen molar-refractivity contribution in [3.8, 4) is 0 Å². The van der Waals surface area contributed by atoms with Gasteiger partial charge < -0.3 is 10.4 Å². The summed E-state index contributed by atoms with van der Waals surface area (Å²) in [5, 5.41) is 11.9. The van der Waals surface area contributed by atoms with Crippen molar-refractivity contribution in [2.75, 3.05) is 5.32 Å². The lowest BCUT2D eigenvalue weighted by atomic mass is 9.97. The van der Waals surface area contributed by atoms with E-state index in [9.17, 15) is 9.59 Å². The molecule has 0 atom stereocenters. The van der Waals surface area contributed by atoms with E-state index in [0.717, 1.165) is 30.2 Å². The van der Waals surface area contributed by atoms with Crippen LogP contribution in [0.4, 0.5) is 5.69 Å². The summed E-state index contributed by atoms with van der Waals surface area (Å²) in [5.41, 5.74) is 0.447. The van der Waals surface area contributed by atoms with Crippen LogP contribution in [0.25, 0.3) is 0 Å². The highest BCUT2D eigenvalue weighted by Crippen LogP contribution is 2.23. The Morgan fingerprint density at radius 1 is 1.25 bits per heavy atom. The zero-order chi connectivity index (χ0) is 15.1. The van der Waals surface area contributed by atoms with E-state index in [1.54, 1.807) is 12.1 Å². The highest BCUT2D eigenvalue weighted by atomic mass is 79.9. The molecule has 2 N–H and O–H groups in total. The number of hydrogen-bond acceptors (Lipinski definition) is 2. The van der Waals surface area contributed by atoms with E-state index in [1.165, 1.54) is 6.07 Å². The van der Waals surface area contributed by atoms with Gasteiger partial charge in [-0.1, -0.05) is 42.6 Å². The average Bonchev–Trinajstić information content (AvgIpc) is 2.38. The van der Waals surface area contributed by atoms with Gasteiger partial charge in [-0.15, -0.1) is 0 Å². The number of amides is 1. The monoisotopic (exact) mass is 341 g/mol. The number of anilines is 1. The molecule has 1 aromatic rings. The number of hydrogen-bond donors (Lipinski definition) is 2. The number of rotatable bonds is 7. The average molecular weight is 342 g/mol. The molecule has 0 saturated heterocycles. The maximum Gasteiger partial charge on any atom is 0.337 e. The van der Waals surface area contributed by atoms with Gasteiger partial charge in [0.25, 0.3) is 0 Å². The summed E-state index contributed by atoms with van der Waals surface area (Å²) in [6, 6.07) is 4.75. The number of carbonyl (C=O) groups excluding carboxylic acids is 1. The smallest absolute Gasteiger partial charge is 0.337 e. The molecule has 0 aliphatic heterocycles. The van der Waals surface area contributed by atoms with E-state index >= 15 is 0 Å². The Morgan fingerprint density at radius 3 is 2.35 bits per heavy atom. The SMILES string of the molecule is CCCC(CCC)C(=O)Nc1cc(Br)ccc1C(=O)O. The normalized spacial score (nSPS) is 10.6. The molecular formula is C15H20BrNO3. The molecule has 0 saturated carbocycles. The predicted molar refractivity (Wildman–Crippen MR) is 83.0 cm³/mol. The maximum absolute atomic E-state index is 12.3. The van der Waals surface area contributed by atoms with Crippen molar-refractivity contribution in [1.82, 2.24) is 0 Å². The summed E-state index contributed by atoms with van der Waals surface area (Å²) in [7, 11) is 0. The topological polar surface area (TPSA) is 66.4 Å². The van der Waals surface area contributed by atoms with Crippen molar-refractivity contribution in [3.63, 3.8) is 0 Å². The van der Waals surface area contributed by atoms with Gasteiger partial charge in [-0.05, 0) is 31.0 Å². The first-order valence-electron chi connectivity index (χ1n) is 6.83. The highest BCUT2D eigenvalue weighted by Gasteiger charge is 2.19. The van der Waals surface area contributed by atoms with E-state index < -0.39 is 5.97 Å². The largest absolute Gasteiger partial charge is 0.478 e.